The first kappa shape index (κ1) is 16.1. The highest BCUT2D eigenvalue weighted by Crippen LogP contribution is 2.15. The Morgan fingerprint density at radius 3 is 2.79 bits per heavy atom. The molecule has 0 saturated heterocycles. The van der Waals surface area contributed by atoms with Crippen molar-refractivity contribution in [2.75, 3.05) is 19.4 Å². The molecule has 0 aliphatic heterocycles. The maximum atomic E-state index is 12.5. The van der Waals surface area contributed by atoms with Gasteiger partial charge in [-0.05, 0) is 38.7 Å². The Kier molecular flexibility index (Phi) is 4.52. The SMILES string of the molecule is CCn1ncc2cc(C(=O)Nc3cncc(CN(C)C)c3)cnc21. The van der Waals surface area contributed by atoms with Crippen LogP contribution in [-0.4, -0.2) is 44.7 Å². The average molecular weight is 324 g/mol. The highest BCUT2D eigenvalue weighted by Gasteiger charge is 2.11. The van der Waals surface area contributed by atoms with Crippen LogP contribution in [-0.2, 0) is 13.1 Å². The average Bonchev–Trinajstić information content (AvgIpc) is 2.96. The quantitative estimate of drug-likeness (QED) is 0.778. The van der Waals surface area contributed by atoms with Crippen molar-refractivity contribution in [2.24, 2.45) is 0 Å². The van der Waals surface area contributed by atoms with Crippen LogP contribution in [0.25, 0.3) is 11.0 Å². The van der Waals surface area contributed by atoms with Crippen molar-refractivity contribution >= 4 is 22.6 Å². The predicted octanol–water partition coefficient (Wildman–Crippen LogP) is 2.16. The Balaban J connectivity index is 1.79. The van der Waals surface area contributed by atoms with Gasteiger partial charge >= 0.3 is 0 Å². The lowest BCUT2D eigenvalue weighted by Crippen LogP contribution is -2.14. The zero-order valence-corrected chi connectivity index (χ0v) is 14.0. The van der Waals surface area contributed by atoms with Crippen LogP contribution in [0.15, 0.2) is 36.9 Å². The third-order valence-corrected chi connectivity index (χ3v) is 3.59. The molecule has 0 aromatic carbocycles. The fourth-order valence-corrected chi connectivity index (χ4v) is 2.54. The Morgan fingerprint density at radius 2 is 2.04 bits per heavy atom. The van der Waals surface area contributed by atoms with E-state index in [0.717, 1.165) is 29.7 Å². The fourth-order valence-electron chi connectivity index (χ4n) is 2.54. The first-order chi connectivity index (χ1) is 11.6. The van der Waals surface area contributed by atoms with Crippen LogP contribution in [0, 0.1) is 0 Å². The van der Waals surface area contributed by atoms with Crippen molar-refractivity contribution in [3.63, 3.8) is 0 Å². The number of aromatic nitrogens is 4. The normalized spacial score (nSPS) is 11.2. The molecule has 3 aromatic rings. The summed E-state index contributed by atoms with van der Waals surface area (Å²) in [7, 11) is 3.98. The molecule has 3 aromatic heterocycles. The van der Waals surface area contributed by atoms with E-state index in [0.29, 0.717) is 11.3 Å². The molecule has 7 nitrogen and oxygen atoms in total. The number of anilines is 1. The summed E-state index contributed by atoms with van der Waals surface area (Å²) in [6.07, 6.45) is 6.73. The Bertz CT molecular complexity index is 870. The zero-order valence-electron chi connectivity index (χ0n) is 14.0. The minimum Gasteiger partial charge on any atom is -0.321 e. The fraction of sp³-hybridized carbons (Fsp3) is 0.294. The Hall–Kier alpha value is -2.80. The lowest BCUT2D eigenvalue weighted by Gasteiger charge is -2.11. The van der Waals surface area contributed by atoms with E-state index in [2.05, 4.69) is 20.4 Å². The first-order valence-electron chi connectivity index (χ1n) is 7.78. The van der Waals surface area contributed by atoms with E-state index in [4.69, 9.17) is 0 Å². The molecular weight excluding hydrogens is 304 g/mol. The number of rotatable bonds is 5. The second-order valence-corrected chi connectivity index (χ2v) is 5.87. The van der Waals surface area contributed by atoms with Crippen molar-refractivity contribution in [3.05, 3.63) is 48.0 Å². The summed E-state index contributed by atoms with van der Waals surface area (Å²) in [5.41, 5.74) is 2.99. The number of nitrogens with one attached hydrogen (secondary N) is 1. The van der Waals surface area contributed by atoms with Crippen LogP contribution in [0.4, 0.5) is 5.69 Å². The number of fused-ring (bicyclic) bond motifs is 1. The first-order valence-corrected chi connectivity index (χ1v) is 7.78. The van der Waals surface area contributed by atoms with Crippen LogP contribution >= 0.6 is 0 Å². The summed E-state index contributed by atoms with van der Waals surface area (Å²) in [6.45, 7) is 3.51. The molecule has 0 bridgehead atoms. The number of aryl methyl sites for hydroxylation is 1. The molecule has 0 fully saturated rings. The van der Waals surface area contributed by atoms with Crippen molar-refractivity contribution < 1.29 is 4.79 Å². The molecule has 3 heterocycles. The van der Waals surface area contributed by atoms with Gasteiger partial charge in [0.15, 0.2) is 5.65 Å². The number of carbonyl (C=O) groups is 1. The van der Waals surface area contributed by atoms with Crippen LogP contribution in [0.3, 0.4) is 0 Å². The van der Waals surface area contributed by atoms with Gasteiger partial charge in [-0.2, -0.15) is 5.10 Å². The van der Waals surface area contributed by atoms with Gasteiger partial charge in [0, 0.05) is 30.9 Å². The molecule has 0 saturated carbocycles. The van der Waals surface area contributed by atoms with E-state index in [1.54, 1.807) is 35.5 Å². The standard InChI is InChI=1S/C17H20N6O/c1-4-23-16-13(9-20-23)6-14(8-19-16)17(24)21-15-5-12(7-18-10-15)11-22(2)3/h5-10H,4,11H2,1-3H3,(H,21,24). The van der Waals surface area contributed by atoms with E-state index in [9.17, 15) is 4.79 Å². The molecule has 1 N–H and O–H groups in total. The number of hydrogen-bond acceptors (Lipinski definition) is 5. The molecule has 7 heteroatoms. The minimum atomic E-state index is -0.211. The predicted molar refractivity (Wildman–Crippen MR) is 92.8 cm³/mol. The van der Waals surface area contributed by atoms with Crippen LogP contribution in [0.2, 0.25) is 0 Å². The second-order valence-electron chi connectivity index (χ2n) is 5.87. The highest BCUT2D eigenvalue weighted by atomic mass is 16.1. The molecule has 0 radical (unpaired) electrons. The third-order valence-electron chi connectivity index (χ3n) is 3.59. The van der Waals surface area contributed by atoms with Crippen LogP contribution in [0.5, 0.6) is 0 Å². The van der Waals surface area contributed by atoms with E-state index < -0.39 is 0 Å². The summed E-state index contributed by atoms with van der Waals surface area (Å²) in [4.78, 5) is 23.0. The van der Waals surface area contributed by atoms with Crippen molar-refractivity contribution in [1.82, 2.24) is 24.6 Å². The second kappa shape index (κ2) is 6.76. The lowest BCUT2D eigenvalue weighted by atomic mass is 10.2. The topological polar surface area (TPSA) is 75.9 Å². The summed E-state index contributed by atoms with van der Waals surface area (Å²) >= 11 is 0. The van der Waals surface area contributed by atoms with E-state index in [1.165, 1.54) is 0 Å². The number of pyridine rings is 2. The number of carbonyl (C=O) groups excluding carboxylic acids is 1. The van der Waals surface area contributed by atoms with E-state index in [-0.39, 0.29) is 5.91 Å². The number of nitrogens with zero attached hydrogens (tertiary/aromatic N) is 5. The van der Waals surface area contributed by atoms with Gasteiger partial charge in [0.1, 0.15) is 0 Å². The van der Waals surface area contributed by atoms with Gasteiger partial charge < -0.3 is 10.2 Å². The van der Waals surface area contributed by atoms with Gasteiger partial charge in [0.05, 0.1) is 23.6 Å². The third kappa shape index (κ3) is 3.41. The Labute approximate surface area is 140 Å². The number of hydrogen-bond donors (Lipinski definition) is 1. The summed E-state index contributed by atoms with van der Waals surface area (Å²) in [5.74, 6) is -0.211. The van der Waals surface area contributed by atoms with Crippen molar-refractivity contribution in [1.29, 1.82) is 0 Å². The van der Waals surface area contributed by atoms with Crippen LogP contribution in [0.1, 0.15) is 22.8 Å². The van der Waals surface area contributed by atoms with Gasteiger partial charge in [0.2, 0.25) is 0 Å². The van der Waals surface area contributed by atoms with Crippen molar-refractivity contribution in [3.8, 4) is 0 Å². The lowest BCUT2D eigenvalue weighted by molar-refractivity contribution is 0.102. The van der Waals surface area contributed by atoms with Gasteiger partial charge in [-0.15, -0.1) is 0 Å². The monoisotopic (exact) mass is 324 g/mol. The Morgan fingerprint density at radius 1 is 1.21 bits per heavy atom. The summed E-state index contributed by atoms with van der Waals surface area (Å²) in [6, 6.07) is 3.72. The molecule has 0 atom stereocenters. The van der Waals surface area contributed by atoms with Crippen molar-refractivity contribution in [2.45, 2.75) is 20.0 Å². The summed E-state index contributed by atoms with van der Waals surface area (Å²) < 4.78 is 1.80. The molecule has 0 aliphatic rings. The molecule has 3 rings (SSSR count). The minimum absolute atomic E-state index is 0.211. The van der Waals surface area contributed by atoms with Gasteiger partial charge in [-0.25, -0.2) is 9.67 Å². The van der Waals surface area contributed by atoms with Gasteiger partial charge in [0.25, 0.3) is 5.91 Å². The largest absolute Gasteiger partial charge is 0.321 e. The molecule has 0 aliphatic carbocycles. The van der Waals surface area contributed by atoms with E-state index in [1.807, 2.05) is 32.0 Å². The maximum absolute atomic E-state index is 12.5. The smallest absolute Gasteiger partial charge is 0.257 e. The van der Waals surface area contributed by atoms with Crippen LogP contribution < -0.4 is 5.32 Å². The van der Waals surface area contributed by atoms with Gasteiger partial charge in [-0.1, -0.05) is 0 Å². The van der Waals surface area contributed by atoms with E-state index >= 15 is 0 Å². The molecule has 0 unspecified atom stereocenters. The molecule has 1 amide bonds. The number of amides is 1. The maximum Gasteiger partial charge on any atom is 0.257 e. The molecular formula is C17H20N6O. The molecule has 24 heavy (non-hydrogen) atoms. The van der Waals surface area contributed by atoms with Gasteiger partial charge in [-0.3, -0.25) is 9.78 Å². The summed E-state index contributed by atoms with van der Waals surface area (Å²) in [5, 5.41) is 7.97. The molecule has 124 valence electrons. The molecule has 0 spiro atoms. The highest BCUT2D eigenvalue weighted by molar-refractivity contribution is 6.05. The zero-order chi connectivity index (χ0) is 17.1.